The highest BCUT2D eigenvalue weighted by atomic mass is 16.6. The van der Waals surface area contributed by atoms with Crippen LogP contribution in [0.25, 0.3) is 0 Å². The molecule has 0 radical (unpaired) electrons. The summed E-state index contributed by atoms with van der Waals surface area (Å²) < 4.78 is 10.4. The molecule has 0 bridgehead atoms. The molecule has 0 aliphatic carbocycles. The molecule has 1 atom stereocenters. The van der Waals surface area contributed by atoms with E-state index in [9.17, 15) is 4.79 Å². The molecule has 0 saturated heterocycles. The number of hydrogen-bond donors (Lipinski definition) is 1. The topological polar surface area (TPSA) is 47.6 Å². The maximum absolute atomic E-state index is 11.3. The van der Waals surface area contributed by atoms with E-state index in [0.29, 0.717) is 6.61 Å². The van der Waals surface area contributed by atoms with E-state index in [-0.39, 0.29) is 18.6 Å². The molecular weight excluding hydrogens is 242 g/mol. The average molecular weight is 265 g/mol. The van der Waals surface area contributed by atoms with Gasteiger partial charge in [-0.05, 0) is 38.9 Å². The van der Waals surface area contributed by atoms with Gasteiger partial charge in [0.15, 0.2) is 6.61 Å². The monoisotopic (exact) mass is 265 g/mol. The minimum absolute atomic E-state index is 0.0524. The minimum atomic E-state index is -0.342. The van der Waals surface area contributed by atoms with E-state index >= 15 is 0 Å². The normalized spacial score (nSPS) is 12.0. The van der Waals surface area contributed by atoms with Crippen LogP contribution >= 0.6 is 0 Å². The third kappa shape index (κ3) is 4.91. The smallest absolute Gasteiger partial charge is 0.344 e. The highest BCUT2D eigenvalue weighted by Gasteiger charge is 2.12. The molecule has 0 aromatic heterocycles. The molecule has 106 valence electrons. The van der Waals surface area contributed by atoms with Crippen LogP contribution in [0.1, 0.15) is 37.9 Å². The Labute approximate surface area is 115 Å². The van der Waals surface area contributed by atoms with Crippen LogP contribution in [0.4, 0.5) is 0 Å². The van der Waals surface area contributed by atoms with Crippen LogP contribution in [0.5, 0.6) is 5.75 Å². The molecule has 0 aliphatic heterocycles. The second kappa shape index (κ2) is 7.79. The van der Waals surface area contributed by atoms with Gasteiger partial charge in [0.2, 0.25) is 0 Å². The molecule has 0 aliphatic rings. The number of ether oxygens (including phenoxy) is 2. The van der Waals surface area contributed by atoms with Crippen LogP contribution in [0.3, 0.4) is 0 Å². The Kier molecular flexibility index (Phi) is 6.36. The molecule has 0 amide bonds. The fraction of sp³-hybridized carbons (Fsp3) is 0.533. The third-order valence-corrected chi connectivity index (χ3v) is 2.80. The SMILES string of the molecule is CCNC(C)c1ccc(C)cc1OCC(=O)OCC. The van der Waals surface area contributed by atoms with Gasteiger partial charge in [0.05, 0.1) is 6.61 Å². The summed E-state index contributed by atoms with van der Waals surface area (Å²) in [4.78, 5) is 11.3. The van der Waals surface area contributed by atoms with Crippen molar-refractivity contribution in [1.82, 2.24) is 5.32 Å². The van der Waals surface area contributed by atoms with Gasteiger partial charge in [-0.25, -0.2) is 4.79 Å². The van der Waals surface area contributed by atoms with Crippen molar-refractivity contribution in [3.05, 3.63) is 29.3 Å². The molecule has 1 unspecified atom stereocenters. The lowest BCUT2D eigenvalue weighted by Gasteiger charge is -2.18. The largest absolute Gasteiger partial charge is 0.482 e. The Morgan fingerprint density at radius 1 is 1.37 bits per heavy atom. The number of carbonyl (C=O) groups excluding carboxylic acids is 1. The molecular formula is C15H23NO3. The second-order valence-electron chi connectivity index (χ2n) is 4.41. The van der Waals surface area contributed by atoms with Gasteiger partial charge < -0.3 is 14.8 Å². The fourth-order valence-corrected chi connectivity index (χ4v) is 1.88. The maximum atomic E-state index is 11.3. The molecule has 4 heteroatoms. The number of rotatable bonds is 7. The number of hydrogen-bond acceptors (Lipinski definition) is 4. The first-order valence-corrected chi connectivity index (χ1v) is 6.70. The Bertz CT molecular complexity index is 418. The lowest BCUT2D eigenvalue weighted by Crippen LogP contribution is -2.20. The second-order valence-corrected chi connectivity index (χ2v) is 4.41. The van der Waals surface area contributed by atoms with Crippen LogP contribution in [0.15, 0.2) is 18.2 Å². The summed E-state index contributed by atoms with van der Waals surface area (Å²) in [5.74, 6) is 0.396. The van der Waals surface area contributed by atoms with Gasteiger partial charge in [0, 0.05) is 11.6 Å². The van der Waals surface area contributed by atoms with E-state index in [4.69, 9.17) is 9.47 Å². The molecule has 0 spiro atoms. The molecule has 1 aromatic carbocycles. The van der Waals surface area contributed by atoms with Gasteiger partial charge in [0.25, 0.3) is 0 Å². The quantitative estimate of drug-likeness (QED) is 0.770. The summed E-state index contributed by atoms with van der Waals surface area (Å²) in [6, 6.07) is 6.20. The molecule has 4 nitrogen and oxygen atoms in total. The van der Waals surface area contributed by atoms with E-state index < -0.39 is 0 Å². The van der Waals surface area contributed by atoms with E-state index in [2.05, 4.69) is 19.2 Å². The molecule has 0 heterocycles. The van der Waals surface area contributed by atoms with E-state index in [1.165, 1.54) is 0 Å². The Balaban J connectivity index is 2.79. The van der Waals surface area contributed by atoms with Crippen molar-refractivity contribution < 1.29 is 14.3 Å². The van der Waals surface area contributed by atoms with Crippen molar-refractivity contribution in [2.45, 2.75) is 33.7 Å². The highest BCUT2D eigenvalue weighted by molar-refractivity contribution is 5.71. The van der Waals surface area contributed by atoms with Crippen molar-refractivity contribution in [1.29, 1.82) is 0 Å². The predicted octanol–water partition coefficient (Wildman–Crippen LogP) is 2.61. The number of aryl methyl sites for hydroxylation is 1. The van der Waals surface area contributed by atoms with Crippen LogP contribution in [-0.2, 0) is 9.53 Å². The van der Waals surface area contributed by atoms with Crippen LogP contribution in [0.2, 0.25) is 0 Å². The zero-order valence-corrected chi connectivity index (χ0v) is 12.2. The Morgan fingerprint density at radius 3 is 2.74 bits per heavy atom. The van der Waals surface area contributed by atoms with Crippen molar-refractivity contribution in [2.24, 2.45) is 0 Å². The van der Waals surface area contributed by atoms with Gasteiger partial charge in [-0.3, -0.25) is 0 Å². The van der Waals surface area contributed by atoms with E-state index in [1.54, 1.807) is 6.92 Å². The zero-order valence-electron chi connectivity index (χ0n) is 12.2. The number of esters is 1. The molecule has 0 fully saturated rings. The van der Waals surface area contributed by atoms with Gasteiger partial charge in [0.1, 0.15) is 5.75 Å². The van der Waals surface area contributed by atoms with Gasteiger partial charge in [-0.15, -0.1) is 0 Å². The van der Waals surface area contributed by atoms with Crippen LogP contribution < -0.4 is 10.1 Å². The first-order valence-electron chi connectivity index (χ1n) is 6.70. The van der Waals surface area contributed by atoms with E-state index in [0.717, 1.165) is 23.4 Å². The maximum Gasteiger partial charge on any atom is 0.344 e. The fourth-order valence-electron chi connectivity index (χ4n) is 1.88. The first-order chi connectivity index (χ1) is 9.08. The lowest BCUT2D eigenvalue weighted by molar-refractivity contribution is -0.145. The molecule has 1 rings (SSSR count). The Hall–Kier alpha value is -1.55. The minimum Gasteiger partial charge on any atom is -0.482 e. The van der Waals surface area contributed by atoms with Crippen LogP contribution in [0, 0.1) is 6.92 Å². The standard InChI is InChI=1S/C15H23NO3/c1-5-16-12(4)13-8-7-11(3)9-14(13)19-10-15(17)18-6-2/h7-9,12,16H,5-6,10H2,1-4H3. The Morgan fingerprint density at radius 2 is 2.11 bits per heavy atom. The summed E-state index contributed by atoms with van der Waals surface area (Å²) in [5, 5.41) is 3.34. The van der Waals surface area contributed by atoms with Crippen molar-refractivity contribution in [3.8, 4) is 5.75 Å². The summed E-state index contributed by atoms with van der Waals surface area (Å²) in [6.07, 6.45) is 0. The van der Waals surface area contributed by atoms with Crippen LogP contribution in [-0.4, -0.2) is 25.7 Å². The molecule has 0 saturated carbocycles. The molecule has 19 heavy (non-hydrogen) atoms. The summed E-state index contributed by atoms with van der Waals surface area (Å²) in [5.41, 5.74) is 2.16. The summed E-state index contributed by atoms with van der Waals surface area (Å²) in [6.45, 7) is 9.11. The molecule has 1 N–H and O–H groups in total. The first kappa shape index (κ1) is 15.5. The van der Waals surface area contributed by atoms with Gasteiger partial charge in [-0.2, -0.15) is 0 Å². The summed E-state index contributed by atoms with van der Waals surface area (Å²) in [7, 11) is 0. The van der Waals surface area contributed by atoms with Gasteiger partial charge in [-0.1, -0.05) is 19.1 Å². The van der Waals surface area contributed by atoms with Crippen molar-refractivity contribution in [3.63, 3.8) is 0 Å². The molecule has 1 aromatic rings. The summed E-state index contributed by atoms with van der Waals surface area (Å²) >= 11 is 0. The number of nitrogens with one attached hydrogen (secondary N) is 1. The lowest BCUT2D eigenvalue weighted by atomic mass is 10.0. The highest BCUT2D eigenvalue weighted by Crippen LogP contribution is 2.26. The van der Waals surface area contributed by atoms with E-state index in [1.807, 2.05) is 25.1 Å². The third-order valence-electron chi connectivity index (χ3n) is 2.80. The average Bonchev–Trinajstić information content (AvgIpc) is 2.37. The predicted molar refractivity (Wildman–Crippen MR) is 75.4 cm³/mol. The zero-order chi connectivity index (χ0) is 14.3. The number of carbonyl (C=O) groups is 1. The number of benzene rings is 1. The van der Waals surface area contributed by atoms with Crippen molar-refractivity contribution in [2.75, 3.05) is 19.8 Å². The van der Waals surface area contributed by atoms with Crippen molar-refractivity contribution >= 4 is 5.97 Å². The van der Waals surface area contributed by atoms with Gasteiger partial charge >= 0.3 is 5.97 Å².